The van der Waals surface area contributed by atoms with Gasteiger partial charge in [-0.2, -0.15) is 0 Å². The number of carbonyl (C=O) groups excluding carboxylic acids is 1. The first-order chi connectivity index (χ1) is 10.1. The average molecular weight is 280 g/mol. The number of aryl methyl sites for hydroxylation is 1. The standard InChI is InChI=1S/C18H20N2O/c1-13-6-5-9-16(10-13)20(2)18(21)17-11-14-7-3-4-8-15(14)12-19-17/h3-10,17,19H,11-12H2,1-2H3/t17-/m1/s1. The first-order valence-corrected chi connectivity index (χ1v) is 7.29. The lowest BCUT2D eigenvalue weighted by Crippen LogP contribution is -2.48. The molecule has 1 heterocycles. The highest BCUT2D eigenvalue weighted by Gasteiger charge is 2.26. The highest BCUT2D eigenvalue weighted by molar-refractivity contribution is 5.97. The minimum absolute atomic E-state index is 0.120. The second-order valence-electron chi connectivity index (χ2n) is 5.64. The second kappa shape index (κ2) is 5.70. The lowest BCUT2D eigenvalue weighted by Gasteiger charge is -2.29. The van der Waals surface area contributed by atoms with Crippen LogP contribution in [0.3, 0.4) is 0 Å². The first kappa shape index (κ1) is 13.8. The molecule has 1 aliphatic rings. The lowest BCUT2D eigenvalue weighted by atomic mass is 9.95. The maximum absolute atomic E-state index is 12.7. The summed E-state index contributed by atoms with van der Waals surface area (Å²) in [5.41, 5.74) is 4.67. The van der Waals surface area contributed by atoms with Gasteiger partial charge in [0.05, 0.1) is 6.04 Å². The summed E-state index contributed by atoms with van der Waals surface area (Å²) >= 11 is 0. The third-order valence-corrected chi connectivity index (χ3v) is 4.10. The molecule has 3 rings (SSSR count). The first-order valence-electron chi connectivity index (χ1n) is 7.29. The Kier molecular flexibility index (Phi) is 3.76. The van der Waals surface area contributed by atoms with Crippen LogP contribution in [0.25, 0.3) is 0 Å². The fourth-order valence-electron chi connectivity index (χ4n) is 2.83. The van der Waals surface area contributed by atoms with Crippen molar-refractivity contribution in [3.05, 3.63) is 65.2 Å². The van der Waals surface area contributed by atoms with E-state index in [1.165, 1.54) is 11.1 Å². The minimum atomic E-state index is -0.148. The van der Waals surface area contributed by atoms with Crippen LogP contribution in [-0.2, 0) is 17.8 Å². The van der Waals surface area contributed by atoms with Crippen molar-refractivity contribution >= 4 is 11.6 Å². The zero-order valence-corrected chi connectivity index (χ0v) is 12.5. The smallest absolute Gasteiger partial charge is 0.244 e. The Morgan fingerprint density at radius 1 is 1.14 bits per heavy atom. The van der Waals surface area contributed by atoms with Crippen LogP contribution in [0.1, 0.15) is 16.7 Å². The van der Waals surface area contributed by atoms with Gasteiger partial charge in [0.15, 0.2) is 0 Å². The zero-order valence-electron chi connectivity index (χ0n) is 12.5. The molecule has 0 aliphatic carbocycles. The van der Waals surface area contributed by atoms with Crippen LogP contribution in [-0.4, -0.2) is 19.0 Å². The number of benzene rings is 2. The third kappa shape index (κ3) is 2.83. The van der Waals surface area contributed by atoms with Crippen LogP contribution in [0, 0.1) is 6.92 Å². The summed E-state index contributed by atoms with van der Waals surface area (Å²) in [6.07, 6.45) is 0.755. The van der Waals surface area contributed by atoms with E-state index in [1.807, 2.05) is 50.4 Å². The molecule has 0 saturated carbocycles. The molecule has 3 nitrogen and oxygen atoms in total. The van der Waals surface area contributed by atoms with E-state index in [0.29, 0.717) is 0 Å². The van der Waals surface area contributed by atoms with Crippen LogP contribution in [0.4, 0.5) is 5.69 Å². The van der Waals surface area contributed by atoms with Crippen LogP contribution in [0.15, 0.2) is 48.5 Å². The Bertz CT molecular complexity index is 666. The number of nitrogens with zero attached hydrogens (tertiary/aromatic N) is 1. The quantitative estimate of drug-likeness (QED) is 0.917. The second-order valence-corrected chi connectivity index (χ2v) is 5.64. The Morgan fingerprint density at radius 2 is 1.90 bits per heavy atom. The van der Waals surface area contributed by atoms with Gasteiger partial charge >= 0.3 is 0 Å². The van der Waals surface area contributed by atoms with E-state index in [0.717, 1.165) is 24.2 Å². The van der Waals surface area contributed by atoms with Gasteiger partial charge in [-0.1, -0.05) is 36.4 Å². The predicted molar refractivity (Wildman–Crippen MR) is 85.4 cm³/mol. The molecule has 1 atom stereocenters. The van der Waals surface area contributed by atoms with Crippen LogP contribution in [0.5, 0.6) is 0 Å². The maximum atomic E-state index is 12.7. The topological polar surface area (TPSA) is 32.3 Å². The molecule has 0 unspecified atom stereocenters. The minimum Gasteiger partial charge on any atom is -0.314 e. The van der Waals surface area contributed by atoms with E-state index in [9.17, 15) is 4.79 Å². The summed E-state index contributed by atoms with van der Waals surface area (Å²) in [4.78, 5) is 14.4. The van der Waals surface area contributed by atoms with Gasteiger partial charge in [0.2, 0.25) is 5.91 Å². The Balaban J connectivity index is 1.77. The Morgan fingerprint density at radius 3 is 2.67 bits per heavy atom. The molecule has 108 valence electrons. The summed E-state index contributed by atoms with van der Waals surface area (Å²) in [5.74, 6) is 0.120. The highest BCUT2D eigenvalue weighted by Crippen LogP contribution is 2.20. The number of amides is 1. The van der Waals surface area contributed by atoms with E-state index < -0.39 is 0 Å². The van der Waals surface area contributed by atoms with Gasteiger partial charge in [-0.05, 0) is 42.2 Å². The number of likely N-dealkylation sites (N-methyl/N-ethyl adjacent to an activating group) is 1. The molecule has 0 saturated heterocycles. The number of hydrogen-bond donors (Lipinski definition) is 1. The summed E-state index contributed by atoms with van der Waals surface area (Å²) < 4.78 is 0. The maximum Gasteiger partial charge on any atom is 0.244 e. The zero-order chi connectivity index (χ0) is 14.8. The summed E-state index contributed by atoms with van der Waals surface area (Å²) in [6, 6.07) is 16.2. The van der Waals surface area contributed by atoms with Gasteiger partial charge in [-0.15, -0.1) is 0 Å². The SMILES string of the molecule is Cc1cccc(N(C)C(=O)[C@H]2Cc3ccccc3CN2)c1. The largest absolute Gasteiger partial charge is 0.314 e. The predicted octanol–water partition coefficient (Wildman–Crippen LogP) is 2.67. The Labute approximate surface area is 125 Å². The average Bonchev–Trinajstić information content (AvgIpc) is 2.53. The molecule has 0 radical (unpaired) electrons. The van der Waals surface area contributed by atoms with Crippen molar-refractivity contribution in [1.29, 1.82) is 0 Å². The molecule has 0 spiro atoms. The van der Waals surface area contributed by atoms with Crippen LogP contribution >= 0.6 is 0 Å². The summed E-state index contributed by atoms with van der Waals surface area (Å²) in [7, 11) is 1.85. The van der Waals surface area contributed by atoms with E-state index in [-0.39, 0.29) is 11.9 Å². The fraction of sp³-hybridized carbons (Fsp3) is 0.278. The number of rotatable bonds is 2. The number of carbonyl (C=O) groups is 1. The molecule has 2 aromatic carbocycles. The van der Waals surface area contributed by atoms with Crippen molar-refractivity contribution in [2.75, 3.05) is 11.9 Å². The Hall–Kier alpha value is -2.13. The molecular formula is C18H20N2O. The van der Waals surface area contributed by atoms with Crippen molar-refractivity contribution in [2.24, 2.45) is 0 Å². The van der Waals surface area contributed by atoms with Gasteiger partial charge in [-0.25, -0.2) is 0 Å². The van der Waals surface area contributed by atoms with Gasteiger partial charge in [0.25, 0.3) is 0 Å². The van der Waals surface area contributed by atoms with Gasteiger partial charge in [0, 0.05) is 19.3 Å². The monoisotopic (exact) mass is 280 g/mol. The van der Waals surface area contributed by atoms with Crippen molar-refractivity contribution in [3.63, 3.8) is 0 Å². The van der Waals surface area contributed by atoms with Gasteiger partial charge < -0.3 is 10.2 Å². The van der Waals surface area contributed by atoms with E-state index >= 15 is 0 Å². The van der Waals surface area contributed by atoms with Crippen LogP contribution in [0.2, 0.25) is 0 Å². The molecule has 3 heteroatoms. The molecule has 1 N–H and O–H groups in total. The number of nitrogens with one attached hydrogen (secondary N) is 1. The summed E-state index contributed by atoms with van der Waals surface area (Å²) in [5, 5.41) is 3.35. The van der Waals surface area contributed by atoms with E-state index in [1.54, 1.807) is 4.90 Å². The molecule has 1 aliphatic heterocycles. The van der Waals surface area contributed by atoms with Gasteiger partial charge in [0.1, 0.15) is 0 Å². The normalized spacial score (nSPS) is 17.1. The number of hydrogen-bond acceptors (Lipinski definition) is 2. The number of fused-ring (bicyclic) bond motifs is 1. The van der Waals surface area contributed by atoms with E-state index in [4.69, 9.17) is 0 Å². The highest BCUT2D eigenvalue weighted by atomic mass is 16.2. The molecular weight excluding hydrogens is 260 g/mol. The van der Waals surface area contributed by atoms with E-state index in [2.05, 4.69) is 17.4 Å². The molecule has 2 aromatic rings. The molecule has 21 heavy (non-hydrogen) atoms. The van der Waals surface area contributed by atoms with Crippen molar-refractivity contribution in [2.45, 2.75) is 25.9 Å². The van der Waals surface area contributed by atoms with Gasteiger partial charge in [-0.3, -0.25) is 4.79 Å². The van der Waals surface area contributed by atoms with Crippen molar-refractivity contribution in [3.8, 4) is 0 Å². The molecule has 0 bridgehead atoms. The van der Waals surface area contributed by atoms with Crippen LogP contribution < -0.4 is 10.2 Å². The van der Waals surface area contributed by atoms with Crippen molar-refractivity contribution in [1.82, 2.24) is 5.32 Å². The fourth-order valence-corrected chi connectivity index (χ4v) is 2.83. The van der Waals surface area contributed by atoms with Crippen molar-refractivity contribution < 1.29 is 4.79 Å². The lowest BCUT2D eigenvalue weighted by molar-refractivity contribution is -0.120. The summed E-state index contributed by atoms with van der Waals surface area (Å²) in [6.45, 7) is 2.80. The third-order valence-electron chi connectivity index (χ3n) is 4.10. The molecule has 0 fully saturated rings. The molecule has 1 amide bonds. The molecule has 0 aromatic heterocycles. The number of anilines is 1.